The van der Waals surface area contributed by atoms with Crippen molar-refractivity contribution in [2.24, 2.45) is 0 Å². The molecule has 2 heteroatoms. The topological polar surface area (TPSA) is 18.5 Å². The van der Waals surface area contributed by atoms with Crippen molar-refractivity contribution in [2.75, 3.05) is 14.2 Å². The Balaban J connectivity index is 2.33. The van der Waals surface area contributed by atoms with E-state index in [0.29, 0.717) is 0 Å². The van der Waals surface area contributed by atoms with E-state index in [1.165, 1.54) is 5.57 Å². The molecule has 0 spiro atoms. The molecule has 0 saturated heterocycles. The van der Waals surface area contributed by atoms with Gasteiger partial charge in [0.1, 0.15) is 0 Å². The SMILES string of the molecule is COC(CC1=CCC=CC1)OC. The van der Waals surface area contributed by atoms with E-state index in [-0.39, 0.29) is 6.29 Å². The fraction of sp³-hybridized carbons (Fsp3) is 0.600. The molecule has 0 N–H and O–H groups in total. The van der Waals surface area contributed by atoms with E-state index in [1.807, 2.05) is 0 Å². The third kappa shape index (κ3) is 2.80. The first kappa shape index (κ1) is 9.49. The molecule has 0 bridgehead atoms. The van der Waals surface area contributed by atoms with Gasteiger partial charge in [-0.1, -0.05) is 23.8 Å². The van der Waals surface area contributed by atoms with Crippen LogP contribution in [0.3, 0.4) is 0 Å². The second-order valence-electron chi connectivity index (χ2n) is 2.88. The first-order valence-electron chi connectivity index (χ1n) is 4.25. The Kier molecular flexibility index (Phi) is 4.05. The van der Waals surface area contributed by atoms with Gasteiger partial charge in [-0.05, 0) is 12.8 Å². The Morgan fingerprint density at radius 3 is 2.58 bits per heavy atom. The van der Waals surface area contributed by atoms with Crippen LogP contribution in [0.15, 0.2) is 23.8 Å². The number of ether oxygens (including phenoxy) is 2. The van der Waals surface area contributed by atoms with Crippen LogP contribution in [-0.4, -0.2) is 20.5 Å². The van der Waals surface area contributed by atoms with Crippen LogP contribution in [0.5, 0.6) is 0 Å². The molecule has 0 atom stereocenters. The van der Waals surface area contributed by atoms with Crippen molar-refractivity contribution < 1.29 is 9.47 Å². The van der Waals surface area contributed by atoms with Gasteiger partial charge >= 0.3 is 0 Å². The third-order valence-electron chi connectivity index (χ3n) is 2.04. The summed E-state index contributed by atoms with van der Waals surface area (Å²) in [5.74, 6) is 0. The minimum absolute atomic E-state index is 0.0808. The number of rotatable bonds is 4. The predicted octanol–water partition coefficient (Wildman–Crippen LogP) is 2.27. The average molecular weight is 168 g/mol. The lowest BCUT2D eigenvalue weighted by Crippen LogP contribution is -2.13. The Morgan fingerprint density at radius 2 is 2.08 bits per heavy atom. The summed E-state index contributed by atoms with van der Waals surface area (Å²) in [5, 5.41) is 0. The van der Waals surface area contributed by atoms with Gasteiger partial charge in [0, 0.05) is 20.6 Å². The lowest BCUT2D eigenvalue weighted by atomic mass is 10.0. The van der Waals surface area contributed by atoms with E-state index in [2.05, 4.69) is 18.2 Å². The van der Waals surface area contributed by atoms with Crippen molar-refractivity contribution in [3.63, 3.8) is 0 Å². The lowest BCUT2D eigenvalue weighted by Gasteiger charge is -2.15. The van der Waals surface area contributed by atoms with Crippen molar-refractivity contribution in [3.05, 3.63) is 23.8 Å². The van der Waals surface area contributed by atoms with Crippen LogP contribution in [0, 0.1) is 0 Å². The van der Waals surface area contributed by atoms with E-state index in [1.54, 1.807) is 14.2 Å². The van der Waals surface area contributed by atoms with E-state index in [9.17, 15) is 0 Å². The van der Waals surface area contributed by atoms with Crippen molar-refractivity contribution in [3.8, 4) is 0 Å². The molecule has 0 fully saturated rings. The fourth-order valence-corrected chi connectivity index (χ4v) is 1.29. The molecule has 0 aliphatic heterocycles. The van der Waals surface area contributed by atoms with Crippen LogP contribution in [0.25, 0.3) is 0 Å². The Morgan fingerprint density at radius 1 is 1.33 bits per heavy atom. The molecule has 0 amide bonds. The Labute approximate surface area is 73.9 Å². The van der Waals surface area contributed by atoms with E-state index >= 15 is 0 Å². The zero-order chi connectivity index (χ0) is 8.81. The molecular weight excluding hydrogens is 152 g/mol. The first-order chi connectivity index (χ1) is 5.86. The summed E-state index contributed by atoms with van der Waals surface area (Å²) >= 11 is 0. The highest BCUT2D eigenvalue weighted by Gasteiger charge is 2.08. The van der Waals surface area contributed by atoms with Crippen LogP contribution < -0.4 is 0 Å². The standard InChI is InChI=1S/C10H16O2/c1-11-10(12-2)8-9-6-4-3-5-7-9/h3-4,7,10H,5-6,8H2,1-2H3. The highest BCUT2D eigenvalue weighted by Crippen LogP contribution is 2.17. The van der Waals surface area contributed by atoms with Crippen molar-refractivity contribution in [2.45, 2.75) is 25.6 Å². The van der Waals surface area contributed by atoms with Crippen LogP contribution in [0.2, 0.25) is 0 Å². The molecule has 1 aliphatic carbocycles. The molecule has 68 valence electrons. The lowest BCUT2D eigenvalue weighted by molar-refractivity contribution is -0.100. The minimum atomic E-state index is -0.0808. The van der Waals surface area contributed by atoms with Crippen molar-refractivity contribution in [1.82, 2.24) is 0 Å². The number of hydrogen-bond donors (Lipinski definition) is 0. The molecule has 0 heterocycles. The van der Waals surface area contributed by atoms with Gasteiger partial charge in [-0.3, -0.25) is 0 Å². The zero-order valence-electron chi connectivity index (χ0n) is 7.75. The molecule has 12 heavy (non-hydrogen) atoms. The maximum Gasteiger partial charge on any atom is 0.160 e. The number of methoxy groups -OCH3 is 2. The second-order valence-corrected chi connectivity index (χ2v) is 2.88. The van der Waals surface area contributed by atoms with Crippen molar-refractivity contribution in [1.29, 1.82) is 0 Å². The van der Waals surface area contributed by atoms with E-state index in [4.69, 9.17) is 9.47 Å². The monoisotopic (exact) mass is 168 g/mol. The Bertz CT molecular complexity index is 178. The largest absolute Gasteiger partial charge is 0.356 e. The van der Waals surface area contributed by atoms with Gasteiger partial charge in [0.15, 0.2) is 6.29 Å². The number of allylic oxidation sites excluding steroid dienone is 3. The molecule has 2 nitrogen and oxygen atoms in total. The molecule has 0 saturated carbocycles. The molecular formula is C10H16O2. The van der Waals surface area contributed by atoms with Gasteiger partial charge in [-0.15, -0.1) is 0 Å². The van der Waals surface area contributed by atoms with Crippen LogP contribution in [0.1, 0.15) is 19.3 Å². The summed E-state index contributed by atoms with van der Waals surface area (Å²) in [5.41, 5.74) is 1.41. The summed E-state index contributed by atoms with van der Waals surface area (Å²) < 4.78 is 10.2. The van der Waals surface area contributed by atoms with Crippen molar-refractivity contribution >= 4 is 0 Å². The zero-order valence-corrected chi connectivity index (χ0v) is 7.75. The molecule has 0 aromatic rings. The molecule has 0 aromatic heterocycles. The third-order valence-corrected chi connectivity index (χ3v) is 2.04. The molecule has 0 aromatic carbocycles. The first-order valence-corrected chi connectivity index (χ1v) is 4.25. The summed E-state index contributed by atoms with van der Waals surface area (Å²) in [6, 6.07) is 0. The minimum Gasteiger partial charge on any atom is -0.356 e. The maximum absolute atomic E-state index is 5.12. The molecule has 1 rings (SSSR count). The quantitative estimate of drug-likeness (QED) is 0.473. The van der Waals surface area contributed by atoms with Gasteiger partial charge in [-0.25, -0.2) is 0 Å². The summed E-state index contributed by atoms with van der Waals surface area (Å²) in [6.45, 7) is 0. The highest BCUT2D eigenvalue weighted by atomic mass is 16.7. The van der Waals surface area contributed by atoms with Crippen LogP contribution in [0.4, 0.5) is 0 Å². The van der Waals surface area contributed by atoms with Gasteiger partial charge in [0.05, 0.1) is 0 Å². The van der Waals surface area contributed by atoms with Gasteiger partial charge in [-0.2, -0.15) is 0 Å². The number of hydrogen-bond acceptors (Lipinski definition) is 2. The normalized spacial score (nSPS) is 16.8. The highest BCUT2D eigenvalue weighted by molar-refractivity contribution is 5.14. The van der Waals surface area contributed by atoms with Gasteiger partial charge < -0.3 is 9.47 Å². The molecule has 0 unspecified atom stereocenters. The van der Waals surface area contributed by atoms with E-state index < -0.39 is 0 Å². The summed E-state index contributed by atoms with van der Waals surface area (Å²) in [7, 11) is 3.35. The van der Waals surface area contributed by atoms with Gasteiger partial charge in [0.25, 0.3) is 0 Å². The summed E-state index contributed by atoms with van der Waals surface area (Å²) in [4.78, 5) is 0. The smallest absolute Gasteiger partial charge is 0.160 e. The molecule has 0 radical (unpaired) electrons. The Hall–Kier alpha value is -0.600. The van der Waals surface area contributed by atoms with Crippen LogP contribution in [-0.2, 0) is 9.47 Å². The van der Waals surface area contributed by atoms with Crippen LogP contribution >= 0.6 is 0 Å². The molecule has 1 aliphatic rings. The van der Waals surface area contributed by atoms with E-state index in [0.717, 1.165) is 19.3 Å². The summed E-state index contributed by atoms with van der Waals surface area (Å²) in [6.07, 6.45) is 9.51. The van der Waals surface area contributed by atoms with Gasteiger partial charge in [0.2, 0.25) is 0 Å². The average Bonchev–Trinajstić information content (AvgIpc) is 2.16. The maximum atomic E-state index is 5.12. The fourth-order valence-electron chi connectivity index (χ4n) is 1.29. The predicted molar refractivity (Wildman–Crippen MR) is 48.9 cm³/mol. The second kappa shape index (κ2) is 5.12.